The zero-order valence-electron chi connectivity index (χ0n) is 11.4. The fourth-order valence-electron chi connectivity index (χ4n) is 3.31. The van der Waals surface area contributed by atoms with Gasteiger partial charge < -0.3 is 15.4 Å². The number of aliphatic hydroxyl groups is 1. The number of fused-ring (bicyclic) bond motifs is 1. The smallest absolute Gasteiger partial charge is 0.0499 e. The quantitative estimate of drug-likeness (QED) is 0.789. The first-order valence-electron chi connectivity index (χ1n) is 7.12. The lowest BCUT2D eigenvalue weighted by molar-refractivity contribution is 0.118. The van der Waals surface area contributed by atoms with Crippen molar-refractivity contribution in [2.45, 2.75) is 38.8 Å². The summed E-state index contributed by atoms with van der Waals surface area (Å²) >= 11 is 0. The molecular weight excluding hydrogens is 236 g/mol. The molecule has 0 amide bonds. The molecule has 1 fully saturated rings. The third-order valence-corrected chi connectivity index (χ3v) is 4.67. The Bertz CT molecular complexity index is 563. The maximum Gasteiger partial charge on any atom is 0.0499 e. The van der Waals surface area contributed by atoms with Crippen LogP contribution in [0.1, 0.15) is 31.7 Å². The molecule has 1 aliphatic carbocycles. The van der Waals surface area contributed by atoms with Crippen LogP contribution in [0.4, 0.5) is 0 Å². The highest BCUT2D eigenvalue weighted by molar-refractivity contribution is 5.82. The summed E-state index contributed by atoms with van der Waals surface area (Å²) in [5.74, 6) is 0. The predicted molar refractivity (Wildman–Crippen MR) is 78.0 cm³/mol. The van der Waals surface area contributed by atoms with Gasteiger partial charge >= 0.3 is 0 Å². The van der Waals surface area contributed by atoms with Gasteiger partial charge in [-0.15, -0.1) is 0 Å². The molecule has 1 aromatic carbocycles. The standard InChI is InChI=1S/C16H22N2O/c1-16(11-19)8-3-6-15(16)18-10-12-4-2-5-14-13(12)7-9-17-14/h2,4-5,7,9,15,17-19H,3,6,8,10-11H2,1H3. The lowest BCUT2D eigenvalue weighted by Gasteiger charge is -2.30. The SMILES string of the molecule is CC1(CO)CCCC1NCc1cccc2[nH]ccc12. The molecule has 2 aromatic rings. The Balaban J connectivity index is 1.74. The van der Waals surface area contributed by atoms with E-state index in [0.717, 1.165) is 13.0 Å². The fourth-order valence-corrected chi connectivity index (χ4v) is 3.31. The number of rotatable bonds is 4. The number of aromatic amines is 1. The van der Waals surface area contributed by atoms with E-state index in [4.69, 9.17) is 0 Å². The van der Waals surface area contributed by atoms with Crippen LogP contribution in [-0.4, -0.2) is 22.7 Å². The lowest BCUT2D eigenvalue weighted by Crippen LogP contribution is -2.41. The second-order valence-corrected chi connectivity index (χ2v) is 5.99. The average molecular weight is 258 g/mol. The Morgan fingerprint density at radius 3 is 3.16 bits per heavy atom. The van der Waals surface area contributed by atoms with E-state index >= 15 is 0 Å². The Hall–Kier alpha value is -1.32. The van der Waals surface area contributed by atoms with Gasteiger partial charge in [-0.05, 0) is 30.5 Å². The van der Waals surface area contributed by atoms with Crippen LogP contribution in [-0.2, 0) is 6.54 Å². The molecule has 19 heavy (non-hydrogen) atoms. The van der Waals surface area contributed by atoms with E-state index in [0.29, 0.717) is 6.04 Å². The Morgan fingerprint density at radius 2 is 2.32 bits per heavy atom. The van der Waals surface area contributed by atoms with E-state index in [2.05, 4.69) is 41.5 Å². The molecule has 3 heteroatoms. The number of H-pyrrole nitrogens is 1. The molecule has 1 aromatic heterocycles. The number of hydrogen-bond donors (Lipinski definition) is 3. The van der Waals surface area contributed by atoms with Crippen LogP contribution in [0.15, 0.2) is 30.5 Å². The van der Waals surface area contributed by atoms with Crippen molar-refractivity contribution in [1.29, 1.82) is 0 Å². The third kappa shape index (κ3) is 2.28. The fraction of sp³-hybridized carbons (Fsp3) is 0.500. The van der Waals surface area contributed by atoms with E-state index < -0.39 is 0 Å². The Kier molecular flexibility index (Phi) is 3.33. The summed E-state index contributed by atoms with van der Waals surface area (Å²) in [5, 5.41) is 14.5. The first-order valence-corrected chi connectivity index (χ1v) is 7.12. The highest BCUT2D eigenvalue weighted by atomic mass is 16.3. The average Bonchev–Trinajstić information content (AvgIpc) is 3.03. The molecule has 1 heterocycles. The topological polar surface area (TPSA) is 48.0 Å². The molecule has 0 saturated heterocycles. The van der Waals surface area contributed by atoms with Crippen LogP contribution >= 0.6 is 0 Å². The first kappa shape index (κ1) is 12.7. The molecule has 102 valence electrons. The molecule has 3 N–H and O–H groups in total. The van der Waals surface area contributed by atoms with Gasteiger partial charge in [-0.25, -0.2) is 0 Å². The first-order chi connectivity index (χ1) is 9.23. The summed E-state index contributed by atoms with van der Waals surface area (Å²) < 4.78 is 0. The van der Waals surface area contributed by atoms with Crippen LogP contribution in [0.25, 0.3) is 10.9 Å². The van der Waals surface area contributed by atoms with Crippen molar-refractivity contribution >= 4 is 10.9 Å². The van der Waals surface area contributed by atoms with Gasteiger partial charge in [-0.1, -0.05) is 25.5 Å². The van der Waals surface area contributed by atoms with Gasteiger partial charge in [-0.3, -0.25) is 0 Å². The number of benzene rings is 1. The number of nitrogens with one attached hydrogen (secondary N) is 2. The minimum atomic E-state index is 0.0477. The highest BCUT2D eigenvalue weighted by Gasteiger charge is 2.37. The van der Waals surface area contributed by atoms with Crippen LogP contribution in [0.2, 0.25) is 0 Å². The van der Waals surface area contributed by atoms with Gasteiger partial charge in [0.2, 0.25) is 0 Å². The van der Waals surface area contributed by atoms with Gasteiger partial charge in [0.05, 0.1) is 0 Å². The minimum absolute atomic E-state index is 0.0477. The van der Waals surface area contributed by atoms with Crippen molar-refractivity contribution in [2.24, 2.45) is 5.41 Å². The van der Waals surface area contributed by atoms with E-state index in [1.807, 2.05) is 6.20 Å². The molecule has 2 unspecified atom stereocenters. The molecule has 3 nitrogen and oxygen atoms in total. The summed E-state index contributed by atoms with van der Waals surface area (Å²) in [7, 11) is 0. The third-order valence-electron chi connectivity index (χ3n) is 4.67. The van der Waals surface area contributed by atoms with Gasteiger partial charge in [0, 0.05) is 41.7 Å². The van der Waals surface area contributed by atoms with Crippen LogP contribution < -0.4 is 5.32 Å². The number of aromatic nitrogens is 1. The summed E-state index contributed by atoms with van der Waals surface area (Å²) in [6.07, 6.45) is 5.49. The molecule has 1 saturated carbocycles. The normalized spacial score (nSPS) is 27.2. The zero-order chi connectivity index (χ0) is 13.3. The maximum atomic E-state index is 9.59. The van der Waals surface area contributed by atoms with Crippen molar-refractivity contribution in [1.82, 2.24) is 10.3 Å². The molecule has 0 aliphatic heterocycles. The van der Waals surface area contributed by atoms with Crippen LogP contribution in [0.5, 0.6) is 0 Å². The number of aliphatic hydroxyl groups excluding tert-OH is 1. The number of hydrogen-bond acceptors (Lipinski definition) is 2. The molecule has 2 atom stereocenters. The summed E-state index contributed by atoms with van der Waals surface area (Å²) in [6.45, 7) is 3.34. The van der Waals surface area contributed by atoms with Crippen molar-refractivity contribution in [2.75, 3.05) is 6.61 Å². The van der Waals surface area contributed by atoms with Gasteiger partial charge in [0.25, 0.3) is 0 Å². The minimum Gasteiger partial charge on any atom is -0.396 e. The van der Waals surface area contributed by atoms with Gasteiger partial charge in [0.15, 0.2) is 0 Å². The van der Waals surface area contributed by atoms with E-state index in [1.165, 1.54) is 29.3 Å². The summed E-state index contributed by atoms with van der Waals surface area (Å²) in [4.78, 5) is 3.25. The maximum absolute atomic E-state index is 9.59. The summed E-state index contributed by atoms with van der Waals surface area (Å²) in [5.41, 5.74) is 2.56. The van der Waals surface area contributed by atoms with Gasteiger partial charge in [0.1, 0.15) is 0 Å². The molecule has 0 bridgehead atoms. The predicted octanol–water partition coefficient (Wildman–Crippen LogP) is 2.81. The van der Waals surface area contributed by atoms with Crippen molar-refractivity contribution in [3.63, 3.8) is 0 Å². The molecule has 0 spiro atoms. The largest absolute Gasteiger partial charge is 0.396 e. The van der Waals surface area contributed by atoms with Gasteiger partial charge in [-0.2, -0.15) is 0 Å². The molecule has 3 rings (SSSR count). The Labute approximate surface area is 114 Å². The molecule has 1 aliphatic rings. The van der Waals surface area contributed by atoms with E-state index in [-0.39, 0.29) is 12.0 Å². The van der Waals surface area contributed by atoms with Crippen LogP contribution in [0.3, 0.4) is 0 Å². The van der Waals surface area contributed by atoms with Crippen molar-refractivity contribution in [3.05, 3.63) is 36.0 Å². The van der Waals surface area contributed by atoms with Crippen LogP contribution in [0, 0.1) is 5.41 Å². The van der Waals surface area contributed by atoms with E-state index in [1.54, 1.807) is 0 Å². The second-order valence-electron chi connectivity index (χ2n) is 5.99. The van der Waals surface area contributed by atoms with Crippen molar-refractivity contribution in [3.8, 4) is 0 Å². The Morgan fingerprint density at radius 1 is 1.42 bits per heavy atom. The zero-order valence-corrected chi connectivity index (χ0v) is 11.4. The van der Waals surface area contributed by atoms with Crippen molar-refractivity contribution < 1.29 is 5.11 Å². The second kappa shape index (κ2) is 4.99. The highest BCUT2D eigenvalue weighted by Crippen LogP contribution is 2.37. The van der Waals surface area contributed by atoms with E-state index in [9.17, 15) is 5.11 Å². The molecule has 0 radical (unpaired) electrons. The summed E-state index contributed by atoms with van der Waals surface area (Å²) in [6, 6.07) is 8.93. The lowest BCUT2D eigenvalue weighted by atomic mass is 9.85. The monoisotopic (exact) mass is 258 g/mol. The molecular formula is C16H22N2O.